The number of methoxy groups -OCH3 is 1. The first-order valence-electron chi connectivity index (χ1n) is 7.31. The smallest absolute Gasteiger partial charge is 0.212 e. The Morgan fingerprint density at radius 2 is 1.96 bits per heavy atom. The lowest BCUT2D eigenvalue weighted by Crippen LogP contribution is -2.13. The lowest BCUT2D eigenvalue weighted by molar-refractivity contribution is 0.416. The van der Waals surface area contributed by atoms with Gasteiger partial charge in [0.15, 0.2) is 5.82 Å². The number of aromatic nitrogens is 3. The molecule has 1 aliphatic heterocycles. The van der Waals surface area contributed by atoms with Gasteiger partial charge in [-0.2, -0.15) is 9.78 Å². The molecule has 1 aliphatic rings. The molecule has 0 radical (unpaired) electrons. The van der Waals surface area contributed by atoms with E-state index in [9.17, 15) is 0 Å². The van der Waals surface area contributed by atoms with Crippen molar-refractivity contribution in [3.8, 4) is 17.1 Å². The van der Waals surface area contributed by atoms with E-state index >= 15 is 0 Å². The Balaban J connectivity index is 1.85. The van der Waals surface area contributed by atoms with Crippen molar-refractivity contribution in [2.24, 2.45) is 5.10 Å². The molecule has 0 saturated carbocycles. The molecule has 2 aromatic carbocycles. The van der Waals surface area contributed by atoms with Gasteiger partial charge in [-0.25, -0.2) is 0 Å². The summed E-state index contributed by atoms with van der Waals surface area (Å²) in [5, 5.41) is 14.6. The molecule has 0 atom stereocenters. The molecule has 0 unspecified atom stereocenters. The minimum Gasteiger partial charge on any atom is -0.496 e. The second-order valence-corrected chi connectivity index (χ2v) is 6.54. The summed E-state index contributed by atoms with van der Waals surface area (Å²) in [5.41, 5.74) is 2.84. The van der Waals surface area contributed by atoms with Crippen molar-refractivity contribution in [1.82, 2.24) is 14.9 Å². The fraction of sp³-hybridized carbons (Fsp3) is 0.118. The first-order valence-corrected chi connectivity index (χ1v) is 8.68. The normalized spacial score (nSPS) is 13.3. The number of hydrogen-bond acceptors (Lipinski definition) is 5. The lowest BCUT2D eigenvalue weighted by Gasteiger charge is -2.14. The summed E-state index contributed by atoms with van der Waals surface area (Å²) < 4.78 is 7.19. The van der Waals surface area contributed by atoms with Crippen LogP contribution in [0.4, 0.5) is 0 Å². The fourth-order valence-electron chi connectivity index (χ4n) is 2.52. The number of halogens is 1. The highest BCUT2D eigenvalue weighted by Crippen LogP contribution is 2.34. The average molecular weight is 357 g/mol. The maximum Gasteiger partial charge on any atom is 0.212 e. The molecule has 7 heteroatoms. The molecule has 0 bridgehead atoms. The Bertz CT molecular complexity index is 924. The van der Waals surface area contributed by atoms with E-state index in [-0.39, 0.29) is 0 Å². The number of benzene rings is 2. The third kappa shape index (κ3) is 2.68. The van der Waals surface area contributed by atoms with Gasteiger partial charge in [0.2, 0.25) is 5.16 Å². The van der Waals surface area contributed by atoms with Crippen molar-refractivity contribution in [3.63, 3.8) is 0 Å². The van der Waals surface area contributed by atoms with Crippen LogP contribution in [0.2, 0.25) is 5.02 Å². The van der Waals surface area contributed by atoms with Crippen molar-refractivity contribution in [2.75, 3.05) is 12.9 Å². The van der Waals surface area contributed by atoms with Crippen LogP contribution in [-0.2, 0) is 0 Å². The summed E-state index contributed by atoms with van der Waals surface area (Å²) in [4.78, 5) is 0. The van der Waals surface area contributed by atoms with Crippen LogP contribution in [0.3, 0.4) is 0 Å². The average Bonchev–Trinajstić information content (AvgIpc) is 3.05. The monoisotopic (exact) mass is 356 g/mol. The van der Waals surface area contributed by atoms with Crippen LogP contribution >= 0.6 is 23.4 Å². The number of rotatable bonds is 3. The van der Waals surface area contributed by atoms with Crippen LogP contribution in [-0.4, -0.2) is 33.4 Å². The SMILES string of the molecule is COc1ccc(Cl)cc1-c1nnc2n1N=C(c1ccccc1)CS2. The molecule has 4 rings (SSSR count). The lowest BCUT2D eigenvalue weighted by atomic mass is 10.1. The largest absolute Gasteiger partial charge is 0.496 e. The van der Waals surface area contributed by atoms with Crippen LogP contribution in [0.1, 0.15) is 5.56 Å². The molecule has 3 aromatic rings. The molecule has 0 aliphatic carbocycles. The van der Waals surface area contributed by atoms with Gasteiger partial charge >= 0.3 is 0 Å². The van der Waals surface area contributed by atoms with E-state index in [1.165, 1.54) is 0 Å². The number of thioether (sulfide) groups is 1. The van der Waals surface area contributed by atoms with Gasteiger partial charge in [0.25, 0.3) is 0 Å². The number of ether oxygens (including phenoxy) is 1. The van der Waals surface area contributed by atoms with E-state index in [2.05, 4.69) is 10.2 Å². The van der Waals surface area contributed by atoms with E-state index in [1.807, 2.05) is 42.5 Å². The first kappa shape index (κ1) is 15.2. The zero-order valence-corrected chi connectivity index (χ0v) is 14.4. The molecule has 0 N–H and O–H groups in total. The van der Waals surface area contributed by atoms with Crippen molar-refractivity contribution in [2.45, 2.75) is 5.16 Å². The summed E-state index contributed by atoms with van der Waals surface area (Å²) in [6.45, 7) is 0. The molecule has 0 saturated heterocycles. The van der Waals surface area contributed by atoms with Crippen LogP contribution in [0.5, 0.6) is 5.75 Å². The van der Waals surface area contributed by atoms with E-state index in [0.29, 0.717) is 16.6 Å². The summed E-state index contributed by atoms with van der Waals surface area (Å²) in [6.07, 6.45) is 0. The Kier molecular flexibility index (Phi) is 4.00. The van der Waals surface area contributed by atoms with Gasteiger partial charge in [-0.15, -0.1) is 10.2 Å². The molecular formula is C17H13ClN4OS. The molecule has 0 amide bonds. The first-order chi connectivity index (χ1) is 11.8. The van der Waals surface area contributed by atoms with Gasteiger partial charge in [-0.1, -0.05) is 53.7 Å². The molecule has 120 valence electrons. The zero-order valence-electron chi connectivity index (χ0n) is 12.8. The molecule has 24 heavy (non-hydrogen) atoms. The fourth-order valence-corrected chi connectivity index (χ4v) is 3.53. The minimum absolute atomic E-state index is 0.610. The van der Waals surface area contributed by atoms with E-state index in [0.717, 1.165) is 27.7 Å². The van der Waals surface area contributed by atoms with E-state index < -0.39 is 0 Å². The Morgan fingerprint density at radius 1 is 1.12 bits per heavy atom. The van der Waals surface area contributed by atoms with Crippen LogP contribution < -0.4 is 4.74 Å². The van der Waals surface area contributed by atoms with E-state index in [4.69, 9.17) is 21.4 Å². The van der Waals surface area contributed by atoms with Gasteiger partial charge in [0, 0.05) is 10.8 Å². The maximum atomic E-state index is 6.14. The molecule has 0 spiro atoms. The second kappa shape index (κ2) is 6.30. The van der Waals surface area contributed by atoms with Gasteiger partial charge in [-0.05, 0) is 23.8 Å². The third-order valence-corrected chi connectivity index (χ3v) is 4.85. The predicted molar refractivity (Wildman–Crippen MR) is 96.1 cm³/mol. The molecule has 2 heterocycles. The van der Waals surface area contributed by atoms with Crippen molar-refractivity contribution in [1.29, 1.82) is 0 Å². The zero-order chi connectivity index (χ0) is 16.5. The van der Waals surface area contributed by atoms with Crippen LogP contribution in [0, 0.1) is 0 Å². The Hall–Kier alpha value is -2.31. The molecule has 0 fully saturated rings. The second-order valence-electron chi connectivity index (χ2n) is 5.16. The van der Waals surface area contributed by atoms with E-state index in [1.54, 1.807) is 29.6 Å². The summed E-state index contributed by atoms with van der Waals surface area (Å²) in [6, 6.07) is 15.5. The summed E-state index contributed by atoms with van der Waals surface area (Å²) >= 11 is 7.75. The van der Waals surface area contributed by atoms with Crippen molar-refractivity contribution < 1.29 is 4.74 Å². The standard InChI is InChI=1S/C17H13ClN4OS/c1-23-15-8-7-12(18)9-13(15)16-19-20-17-22(16)21-14(10-24-17)11-5-3-2-4-6-11/h2-9H,10H2,1H3. The van der Waals surface area contributed by atoms with Gasteiger partial charge < -0.3 is 4.74 Å². The van der Waals surface area contributed by atoms with Crippen molar-refractivity contribution >= 4 is 29.1 Å². The Morgan fingerprint density at radius 3 is 2.75 bits per heavy atom. The molecule has 5 nitrogen and oxygen atoms in total. The highest BCUT2D eigenvalue weighted by atomic mass is 35.5. The maximum absolute atomic E-state index is 6.14. The van der Waals surface area contributed by atoms with Crippen LogP contribution in [0.15, 0.2) is 58.8 Å². The quantitative estimate of drug-likeness (QED) is 0.712. The topological polar surface area (TPSA) is 52.3 Å². The third-order valence-electron chi connectivity index (χ3n) is 3.68. The molecular weight excluding hydrogens is 344 g/mol. The van der Waals surface area contributed by atoms with Crippen LogP contribution in [0.25, 0.3) is 11.4 Å². The Labute approximate surface area is 148 Å². The minimum atomic E-state index is 0.610. The highest BCUT2D eigenvalue weighted by Gasteiger charge is 2.22. The van der Waals surface area contributed by atoms with Gasteiger partial charge in [0.05, 0.1) is 18.4 Å². The van der Waals surface area contributed by atoms with Gasteiger partial charge in [-0.3, -0.25) is 0 Å². The summed E-state index contributed by atoms with van der Waals surface area (Å²) in [7, 11) is 1.62. The number of hydrogen-bond donors (Lipinski definition) is 0. The highest BCUT2D eigenvalue weighted by molar-refractivity contribution is 7.99. The summed E-state index contributed by atoms with van der Waals surface area (Å²) in [5.74, 6) is 2.06. The predicted octanol–water partition coefficient (Wildman–Crippen LogP) is 3.97. The number of fused-ring (bicyclic) bond motifs is 1. The van der Waals surface area contributed by atoms with Crippen molar-refractivity contribution in [3.05, 3.63) is 59.1 Å². The number of nitrogens with zero attached hydrogens (tertiary/aromatic N) is 4. The van der Waals surface area contributed by atoms with Gasteiger partial charge in [0.1, 0.15) is 5.75 Å². The molecule has 1 aromatic heterocycles.